The molecule has 1 aromatic rings. The zero-order valence-corrected chi connectivity index (χ0v) is 9.86. The maximum absolute atomic E-state index is 5.90. The van der Waals surface area contributed by atoms with Crippen LogP contribution in [0.5, 0.6) is 5.75 Å². The summed E-state index contributed by atoms with van der Waals surface area (Å²) in [6, 6.07) is 8.31. The first-order chi connectivity index (χ1) is 7.13. The summed E-state index contributed by atoms with van der Waals surface area (Å²) in [7, 11) is 0. The Kier molecular flexibility index (Phi) is 4.63. The van der Waals surface area contributed by atoms with Gasteiger partial charge in [0.25, 0.3) is 0 Å². The van der Waals surface area contributed by atoms with Crippen molar-refractivity contribution in [2.45, 2.75) is 33.2 Å². The molecule has 1 atom stereocenters. The fourth-order valence-corrected chi connectivity index (χ4v) is 1.21. The Labute approximate surface area is 92.4 Å². The molecule has 0 unspecified atom stereocenters. The molecule has 0 aliphatic carbocycles. The van der Waals surface area contributed by atoms with E-state index in [4.69, 9.17) is 10.5 Å². The van der Waals surface area contributed by atoms with Crippen LogP contribution in [0.1, 0.15) is 26.3 Å². The highest BCUT2D eigenvalue weighted by Crippen LogP contribution is 2.13. The number of hydrogen-bond donors (Lipinski definition) is 1. The molecule has 1 rings (SSSR count). The van der Waals surface area contributed by atoms with E-state index in [0.29, 0.717) is 12.5 Å². The van der Waals surface area contributed by atoms with Gasteiger partial charge in [-0.3, -0.25) is 0 Å². The summed E-state index contributed by atoms with van der Waals surface area (Å²) in [6.07, 6.45) is 1.06. The number of rotatable bonds is 5. The van der Waals surface area contributed by atoms with E-state index in [-0.39, 0.29) is 6.04 Å². The lowest BCUT2D eigenvalue weighted by Crippen LogP contribution is -2.32. The molecule has 0 bridgehead atoms. The van der Waals surface area contributed by atoms with Crippen LogP contribution < -0.4 is 10.5 Å². The Morgan fingerprint density at radius 2 is 1.80 bits per heavy atom. The predicted octanol–water partition coefficient (Wildman–Crippen LogP) is 2.61. The molecule has 1 aromatic carbocycles. The van der Waals surface area contributed by atoms with Gasteiger partial charge in [0, 0.05) is 6.04 Å². The van der Waals surface area contributed by atoms with Gasteiger partial charge in [0.05, 0.1) is 0 Å². The maximum atomic E-state index is 5.90. The first-order valence-corrected chi connectivity index (χ1v) is 5.60. The fourth-order valence-electron chi connectivity index (χ4n) is 1.21. The average molecular weight is 207 g/mol. The zero-order chi connectivity index (χ0) is 11.3. The largest absolute Gasteiger partial charge is 0.492 e. The quantitative estimate of drug-likeness (QED) is 0.805. The van der Waals surface area contributed by atoms with Crippen LogP contribution in [0.3, 0.4) is 0 Å². The van der Waals surface area contributed by atoms with E-state index in [0.717, 1.165) is 12.2 Å². The van der Waals surface area contributed by atoms with Crippen LogP contribution in [0, 0.1) is 5.92 Å². The number of aryl methyl sites for hydroxylation is 1. The zero-order valence-electron chi connectivity index (χ0n) is 9.86. The molecule has 15 heavy (non-hydrogen) atoms. The van der Waals surface area contributed by atoms with Crippen molar-refractivity contribution in [2.75, 3.05) is 6.61 Å². The minimum atomic E-state index is 0.107. The van der Waals surface area contributed by atoms with Crippen LogP contribution in [0.25, 0.3) is 0 Å². The van der Waals surface area contributed by atoms with Crippen molar-refractivity contribution in [1.29, 1.82) is 0 Å². The highest BCUT2D eigenvalue weighted by Gasteiger charge is 2.07. The molecule has 0 radical (unpaired) electrons. The van der Waals surface area contributed by atoms with Gasteiger partial charge in [-0.25, -0.2) is 0 Å². The summed E-state index contributed by atoms with van der Waals surface area (Å²) in [4.78, 5) is 0. The molecule has 0 saturated carbocycles. The van der Waals surface area contributed by atoms with Crippen LogP contribution in [-0.2, 0) is 6.42 Å². The Balaban J connectivity index is 2.44. The summed E-state index contributed by atoms with van der Waals surface area (Å²) >= 11 is 0. The Morgan fingerprint density at radius 3 is 2.27 bits per heavy atom. The van der Waals surface area contributed by atoms with Gasteiger partial charge in [-0.05, 0) is 30.0 Å². The third kappa shape index (κ3) is 3.92. The minimum absolute atomic E-state index is 0.107. The van der Waals surface area contributed by atoms with E-state index in [2.05, 4.69) is 32.9 Å². The van der Waals surface area contributed by atoms with Crippen LogP contribution in [0.4, 0.5) is 0 Å². The molecule has 2 N–H and O–H groups in total. The fraction of sp³-hybridized carbons (Fsp3) is 0.538. The van der Waals surface area contributed by atoms with Gasteiger partial charge in [-0.1, -0.05) is 32.9 Å². The lowest BCUT2D eigenvalue weighted by Gasteiger charge is -2.16. The van der Waals surface area contributed by atoms with E-state index in [1.807, 2.05) is 12.1 Å². The van der Waals surface area contributed by atoms with Gasteiger partial charge in [0.1, 0.15) is 12.4 Å². The normalized spacial score (nSPS) is 12.9. The topological polar surface area (TPSA) is 35.2 Å². The molecule has 0 aliphatic heterocycles. The molecule has 0 aliphatic rings. The number of hydrogen-bond acceptors (Lipinski definition) is 2. The lowest BCUT2D eigenvalue weighted by atomic mass is 10.1. The second-order valence-electron chi connectivity index (χ2n) is 4.22. The second kappa shape index (κ2) is 5.76. The Morgan fingerprint density at radius 1 is 1.20 bits per heavy atom. The highest BCUT2D eigenvalue weighted by atomic mass is 16.5. The molecule has 2 heteroatoms. The molecule has 0 spiro atoms. The van der Waals surface area contributed by atoms with Gasteiger partial charge >= 0.3 is 0 Å². The van der Waals surface area contributed by atoms with Crippen molar-refractivity contribution in [1.82, 2.24) is 0 Å². The highest BCUT2D eigenvalue weighted by molar-refractivity contribution is 5.27. The Hall–Kier alpha value is -1.02. The summed E-state index contributed by atoms with van der Waals surface area (Å²) in [5.74, 6) is 1.36. The molecule has 0 amide bonds. The van der Waals surface area contributed by atoms with E-state index in [9.17, 15) is 0 Å². The van der Waals surface area contributed by atoms with Crippen LogP contribution >= 0.6 is 0 Å². The third-order valence-electron chi connectivity index (χ3n) is 2.63. The molecular formula is C13H21NO. The van der Waals surface area contributed by atoms with Crippen molar-refractivity contribution < 1.29 is 4.74 Å². The van der Waals surface area contributed by atoms with Crippen molar-refractivity contribution >= 4 is 0 Å². The van der Waals surface area contributed by atoms with Crippen LogP contribution in [0.2, 0.25) is 0 Å². The lowest BCUT2D eigenvalue weighted by molar-refractivity contribution is 0.259. The monoisotopic (exact) mass is 207 g/mol. The molecule has 0 heterocycles. The summed E-state index contributed by atoms with van der Waals surface area (Å²) in [6.45, 7) is 6.94. The number of ether oxygens (including phenoxy) is 1. The molecule has 0 aromatic heterocycles. The molecule has 2 nitrogen and oxygen atoms in total. The Bertz CT molecular complexity index is 279. The van der Waals surface area contributed by atoms with Gasteiger partial charge in [-0.15, -0.1) is 0 Å². The maximum Gasteiger partial charge on any atom is 0.119 e. The van der Waals surface area contributed by atoms with Crippen molar-refractivity contribution in [3.8, 4) is 5.75 Å². The first kappa shape index (κ1) is 12.1. The number of benzene rings is 1. The van der Waals surface area contributed by atoms with E-state index < -0.39 is 0 Å². The van der Waals surface area contributed by atoms with Crippen molar-refractivity contribution in [2.24, 2.45) is 11.7 Å². The van der Waals surface area contributed by atoms with E-state index >= 15 is 0 Å². The second-order valence-corrected chi connectivity index (χ2v) is 4.22. The van der Waals surface area contributed by atoms with Crippen LogP contribution in [0.15, 0.2) is 24.3 Å². The van der Waals surface area contributed by atoms with Gasteiger partial charge in [0.15, 0.2) is 0 Å². The summed E-state index contributed by atoms with van der Waals surface area (Å²) < 4.78 is 5.60. The van der Waals surface area contributed by atoms with Gasteiger partial charge < -0.3 is 10.5 Å². The predicted molar refractivity (Wildman–Crippen MR) is 64.1 cm³/mol. The van der Waals surface area contributed by atoms with Gasteiger partial charge in [0.2, 0.25) is 0 Å². The average Bonchev–Trinajstić information content (AvgIpc) is 2.26. The van der Waals surface area contributed by atoms with E-state index in [1.165, 1.54) is 5.56 Å². The van der Waals surface area contributed by atoms with Crippen LogP contribution in [-0.4, -0.2) is 12.6 Å². The minimum Gasteiger partial charge on any atom is -0.492 e. The summed E-state index contributed by atoms with van der Waals surface area (Å²) in [5, 5.41) is 0. The van der Waals surface area contributed by atoms with Crippen molar-refractivity contribution in [3.63, 3.8) is 0 Å². The number of nitrogens with two attached hydrogens (primary N) is 1. The smallest absolute Gasteiger partial charge is 0.119 e. The molecule has 0 saturated heterocycles. The molecule has 84 valence electrons. The van der Waals surface area contributed by atoms with Gasteiger partial charge in [-0.2, -0.15) is 0 Å². The standard InChI is InChI=1S/C13H21NO/c1-4-11-5-7-12(8-6-11)15-9-13(14)10(2)3/h5-8,10,13H,4,9,14H2,1-3H3/t13-/m0/s1. The first-order valence-electron chi connectivity index (χ1n) is 5.60. The van der Waals surface area contributed by atoms with E-state index in [1.54, 1.807) is 0 Å². The molecule has 0 fully saturated rings. The molecular weight excluding hydrogens is 186 g/mol. The third-order valence-corrected chi connectivity index (χ3v) is 2.63. The summed E-state index contributed by atoms with van der Waals surface area (Å²) in [5.41, 5.74) is 7.22. The van der Waals surface area contributed by atoms with Crippen molar-refractivity contribution in [3.05, 3.63) is 29.8 Å². The SMILES string of the molecule is CCc1ccc(OC[C@H](N)C(C)C)cc1.